The third-order valence-electron chi connectivity index (χ3n) is 6.89. The van der Waals surface area contributed by atoms with Gasteiger partial charge in [-0.2, -0.15) is 13.2 Å². The van der Waals surface area contributed by atoms with Gasteiger partial charge in [-0.3, -0.25) is 13.9 Å². The third kappa shape index (κ3) is 8.04. The van der Waals surface area contributed by atoms with Gasteiger partial charge in [0.25, 0.3) is 10.0 Å². The van der Waals surface area contributed by atoms with E-state index in [4.69, 9.17) is 0 Å². The zero-order valence-corrected chi connectivity index (χ0v) is 24.8. The summed E-state index contributed by atoms with van der Waals surface area (Å²) in [5.74, 6) is -1.21. The van der Waals surface area contributed by atoms with Crippen molar-refractivity contribution in [2.75, 3.05) is 17.4 Å². The standard InChI is InChI=1S/C33H32F3N3O4S/c1-2-37-32(41)30(21-25-13-6-3-7-14-25)38(23-26-15-8-4-9-16-26)31(40)24-39(44(42,43)29-19-10-5-11-20-29)28-18-12-17-27(22-28)33(34,35)36/h3-20,22,30H,2,21,23-24H2,1H3,(H,37,41). The highest BCUT2D eigenvalue weighted by Gasteiger charge is 2.36. The number of sulfonamides is 1. The highest BCUT2D eigenvalue weighted by atomic mass is 32.2. The predicted molar refractivity (Wildman–Crippen MR) is 162 cm³/mol. The van der Waals surface area contributed by atoms with Crippen LogP contribution in [0.5, 0.6) is 0 Å². The van der Waals surface area contributed by atoms with Crippen LogP contribution in [0.25, 0.3) is 0 Å². The summed E-state index contributed by atoms with van der Waals surface area (Å²) in [7, 11) is -4.51. The number of benzene rings is 4. The molecule has 0 aliphatic carbocycles. The fraction of sp³-hybridized carbons (Fsp3) is 0.212. The van der Waals surface area contributed by atoms with E-state index in [1.54, 1.807) is 55.5 Å². The molecule has 0 aromatic heterocycles. The van der Waals surface area contributed by atoms with E-state index in [2.05, 4.69) is 5.32 Å². The molecule has 0 saturated carbocycles. The second-order valence-electron chi connectivity index (χ2n) is 9.98. The zero-order valence-electron chi connectivity index (χ0n) is 23.9. The molecule has 230 valence electrons. The molecule has 0 radical (unpaired) electrons. The Hall–Kier alpha value is -4.64. The van der Waals surface area contributed by atoms with Crippen molar-refractivity contribution < 1.29 is 31.2 Å². The SMILES string of the molecule is CCNC(=O)C(Cc1ccccc1)N(Cc1ccccc1)C(=O)CN(c1cccc(C(F)(F)F)c1)S(=O)(=O)c1ccccc1. The Kier molecular flexibility index (Phi) is 10.4. The van der Waals surface area contributed by atoms with Crippen molar-refractivity contribution >= 4 is 27.5 Å². The van der Waals surface area contributed by atoms with E-state index in [0.717, 1.165) is 17.7 Å². The molecule has 2 amide bonds. The number of hydrogen-bond donors (Lipinski definition) is 1. The number of likely N-dealkylation sites (N-methyl/N-ethyl adjacent to an activating group) is 1. The number of carbonyl (C=O) groups excluding carboxylic acids is 2. The molecule has 11 heteroatoms. The highest BCUT2D eigenvalue weighted by molar-refractivity contribution is 7.92. The summed E-state index contributed by atoms with van der Waals surface area (Å²) < 4.78 is 69.5. The molecule has 0 heterocycles. The fourth-order valence-corrected chi connectivity index (χ4v) is 6.14. The lowest BCUT2D eigenvalue weighted by molar-refractivity contribution is -0.140. The normalized spacial score (nSPS) is 12.3. The molecule has 4 rings (SSSR count). The van der Waals surface area contributed by atoms with Gasteiger partial charge < -0.3 is 10.2 Å². The minimum atomic E-state index is -4.75. The quantitative estimate of drug-likeness (QED) is 0.220. The van der Waals surface area contributed by atoms with Gasteiger partial charge in [-0.15, -0.1) is 0 Å². The van der Waals surface area contributed by atoms with Crippen LogP contribution in [-0.2, 0) is 38.8 Å². The van der Waals surface area contributed by atoms with Gasteiger partial charge in [-0.1, -0.05) is 84.9 Å². The molecule has 1 N–H and O–H groups in total. The average molecular weight is 624 g/mol. The number of alkyl halides is 3. The van der Waals surface area contributed by atoms with E-state index in [9.17, 15) is 31.2 Å². The van der Waals surface area contributed by atoms with E-state index in [0.29, 0.717) is 15.9 Å². The van der Waals surface area contributed by atoms with Crippen molar-refractivity contribution in [1.29, 1.82) is 0 Å². The van der Waals surface area contributed by atoms with Crippen molar-refractivity contribution in [3.8, 4) is 0 Å². The maximum absolute atomic E-state index is 14.2. The van der Waals surface area contributed by atoms with Crippen LogP contribution in [0.2, 0.25) is 0 Å². The number of anilines is 1. The van der Waals surface area contributed by atoms with Gasteiger partial charge in [0.15, 0.2) is 0 Å². The lowest BCUT2D eigenvalue weighted by Crippen LogP contribution is -2.53. The first-order chi connectivity index (χ1) is 21.0. The summed E-state index contributed by atoms with van der Waals surface area (Å²) in [6.07, 6.45) is -4.62. The Morgan fingerprint density at radius 1 is 0.795 bits per heavy atom. The van der Waals surface area contributed by atoms with Gasteiger partial charge >= 0.3 is 6.18 Å². The Labute approximate surface area is 255 Å². The lowest BCUT2D eigenvalue weighted by Gasteiger charge is -2.34. The maximum Gasteiger partial charge on any atom is 0.416 e. The molecule has 0 aliphatic rings. The highest BCUT2D eigenvalue weighted by Crippen LogP contribution is 2.33. The summed E-state index contributed by atoms with van der Waals surface area (Å²) in [5.41, 5.74) is 0.0384. The first-order valence-corrected chi connectivity index (χ1v) is 15.3. The molecular formula is C33H32F3N3O4S. The molecule has 0 fully saturated rings. The van der Waals surface area contributed by atoms with E-state index in [1.807, 2.05) is 18.2 Å². The van der Waals surface area contributed by atoms with Crippen LogP contribution in [-0.4, -0.2) is 44.3 Å². The molecular weight excluding hydrogens is 591 g/mol. The molecule has 4 aromatic rings. The van der Waals surface area contributed by atoms with Crippen LogP contribution in [0.1, 0.15) is 23.6 Å². The minimum absolute atomic E-state index is 0.0455. The molecule has 1 unspecified atom stereocenters. The van der Waals surface area contributed by atoms with Crippen LogP contribution >= 0.6 is 0 Å². The van der Waals surface area contributed by atoms with Crippen LogP contribution in [0.4, 0.5) is 18.9 Å². The van der Waals surface area contributed by atoms with Gasteiger partial charge in [-0.05, 0) is 48.4 Å². The first kappa shape index (κ1) is 32.3. The number of halogens is 3. The van der Waals surface area contributed by atoms with E-state index in [-0.39, 0.29) is 30.1 Å². The Bertz CT molecular complexity index is 1650. The van der Waals surface area contributed by atoms with Crippen LogP contribution in [0.15, 0.2) is 120 Å². The van der Waals surface area contributed by atoms with Crippen molar-refractivity contribution in [2.45, 2.75) is 37.0 Å². The Morgan fingerprint density at radius 3 is 1.93 bits per heavy atom. The van der Waals surface area contributed by atoms with Gasteiger partial charge in [0.1, 0.15) is 12.6 Å². The number of rotatable bonds is 12. The van der Waals surface area contributed by atoms with Crippen molar-refractivity contribution in [3.05, 3.63) is 132 Å². The number of amides is 2. The third-order valence-corrected chi connectivity index (χ3v) is 8.68. The number of carbonyl (C=O) groups is 2. The van der Waals surface area contributed by atoms with Gasteiger partial charge in [0.2, 0.25) is 11.8 Å². The second kappa shape index (κ2) is 14.2. The molecule has 0 aliphatic heterocycles. The molecule has 44 heavy (non-hydrogen) atoms. The summed E-state index contributed by atoms with van der Waals surface area (Å²) in [4.78, 5) is 28.8. The number of nitrogens with one attached hydrogen (secondary N) is 1. The van der Waals surface area contributed by atoms with Crippen LogP contribution < -0.4 is 9.62 Å². The maximum atomic E-state index is 14.2. The van der Waals surface area contributed by atoms with E-state index < -0.39 is 46.2 Å². The summed E-state index contributed by atoms with van der Waals surface area (Å²) in [6, 6.07) is 27.8. The molecule has 0 saturated heterocycles. The monoisotopic (exact) mass is 623 g/mol. The lowest BCUT2D eigenvalue weighted by atomic mass is 10.0. The summed E-state index contributed by atoms with van der Waals surface area (Å²) >= 11 is 0. The van der Waals surface area contributed by atoms with Crippen LogP contribution in [0.3, 0.4) is 0 Å². The smallest absolute Gasteiger partial charge is 0.355 e. The van der Waals surface area contributed by atoms with Gasteiger partial charge in [0.05, 0.1) is 16.1 Å². The molecule has 4 aromatic carbocycles. The molecule has 0 spiro atoms. The largest absolute Gasteiger partial charge is 0.416 e. The van der Waals surface area contributed by atoms with Gasteiger partial charge in [0, 0.05) is 19.5 Å². The number of nitrogens with zero attached hydrogens (tertiary/aromatic N) is 2. The predicted octanol–water partition coefficient (Wildman–Crippen LogP) is 5.68. The topological polar surface area (TPSA) is 86.8 Å². The summed E-state index contributed by atoms with van der Waals surface area (Å²) in [5, 5.41) is 2.76. The first-order valence-electron chi connectivity index (χ1n) is 13.9. The van der Waals surface area contributed by atoms with Crippen molar-refractivity contribution in [2.24, 2.45) is 0 Å². The fourth-order valence-electron chi connectivity index (χ4n) is 4.71. The average Bonchev–Trinajstić information content (AvgIpc) is 3.02. The molecule has 1 atom stereocenters. The van der Waals surface area contributed by atoms with Crippen LogP contribution in [0, 0.1) is 0 Å². The minimum Gasteiger partial charge on any atom is -0.355 e. The zero-order chi connectivity index (χ0) is 31.7. The van der Waals surface area contributed by atoms with E-state index >= 15 is 0 Å². The molecule has 0 bridgehead atoms. The number of hydrogen-bond acceptors (Lipinski definition) is 4. The molecule has 7 nitrogen and oxygen atoms in total. The second-order valence-corrected chi connectivity index (χ2v) is 11.8. The van der Waals surface area contributed by atoms with Gasteiger partial charge in [-0.25, -0.2) is 8.42 Å². The van der Waals surface area contributed by atoms with Crippen molar-refractivity contribution in [1.82, 2.24) is 10.2 Å². The Morgan fingerprint density at radius 2 is 1.36 bits per heavy atom. The van der Waals surface area contributed by atoms with Crippen molar-refractivity contribution in [3.63, 3.8) is 0 Å². The summed E-state index contributed by atoms with van der Waals surface area (Å²) in [6.45, 7) is 1.13. The van der Waals surface area contributed by atoms with E-state index in [1.165, 1.54) is 35.2 Å². The Balaban J connectivity index is 1.81.